The molecule has 0 spiro atoms. The highest BCUT2D eigenvalue weighted by molar-refractivity contribution is 8.02. The smallest absolute Gasteiger partial charge is 0.153 e. The lowest BCUT2D eigenvalue weighted by atomic mass is 10.1. The van der Waals surface area contributed by atoms with E-state index in [0.717, 1.165) is 45.3 Å². The molecule has 3 aromatic carbocycles. The van der Waals surface area contributed by atoms with Gasteiger partial charge in [0.15, 0.2) is 11.5 Å². The van der Waals surface area contributed by atoms with E-state index in [9.17, 15) is 10.5 Å². The van der Waals surface area contributed by atoms with Gasteiger partial charge in [0.25, 0.3) is 0 Å². The summed E-state index contributed by atoms with van der Waals surface area (Å²) in [6.45, 7) is 5.06. The Hall–Kier alpha value is -3.26. The van der Waals surface area contributed by atoms with Crippen molar-refractivity contribution in [1.82, 2.24) is 0 Å². The largest absolute Gasteiger partial charge is 0.491 e. The number of hydrogen-bond acceptors (Lipinski definition) is 7. The van der Waals surface area contributed by atoms with E-state index in [0.29, 0.717) is 30.4 Å². The van der Waals surface area contributed by atoms with Crippen LogP contribution < -0.4 is 15.2 Å². The quantitative estimate of drug-likeness (QED) is 0.200. The highest BCUT2D eigenvalue weighted by Gasteiger charge is 2.28. The molecular weight excluding hydrogens is 474 g/mol. The maximum absolute atomic E-state index is 10.1. The summed E-state index contributed by atoms with van der Waals surface area (Å²) in [7, 11) is 0. The molecular formula is C28H29N3O2S2. The zero-order chi connectivity index (χ0) is 25.0. The predicted octanol–water partition coefficient (Wildman–Crippen LogP) is 7.67. The van der Waals surface area contributed by atoms with Crippen LogP contribution in [0.5, 0.6) is 11.5 Å². The summed E-state index contributed by atoms with van der Waals surface area (Å²) >= 11 is 2.93. The van der Waals surface area contributed by atoms with E-state index in [2.05, 4.69) is 26.0 Å². The van der Waals surface area contributed by atoms with Crippen molar-refractivity contribution in [2.45, 2.75) is 59.1 Å². The third-order valence-corrected chi connectivity index (χ3v) is 7.55. The summed E-state index contributed by atoms with van der Waals surface area (Å²) in [6, 6.07) is 22.0. The summed E-state index contributed by atoms with van der Waals surface area (Å²) in [4.78, 5) is 3.32. The number of para-hydroxylation sites is 1. The van der Waals surface area contributed by atoms with Crippen molar-refractivity contribution in [3.8, 4) is 23.6 Å². The Morgan fingerprint density at radius 1 is 0.743 bits per heavy atom. The lowest BCUT2D eigenvalue weighted by molar-refractivity contribution is 0.286. The van der Waals surface area contributed by atoms with Crippen LogP contribution >= 0.6 is 23.5 Å². The van der Waals surface area contributed by atoms with Crippen LogP contribution in [0.25, 0.3) is 0 Å². The van der Waals surface area contributed by atoms with Gasteiger partial charge in [-0.2, -0.15) is 10.5 Å². The fraction of sp³-hybridized carbons (Fsp3) is 0.286. The Morgan fingerprint density at radius 2 is 1.26 bits per heavy atom. The summed E-state index contributed by atoms with van der Waals surface area (Å²) in [5.41, 5.74) is 7.32. The van der Waals surface area contributed by atoms with E-state index in [1.54, 1.807) is 0 Å². The minimum absolute atomic E-state index is 0.199. The van der Waals surface area contributed by atoms with E-state index in [1.165, 1.54) is 23.5 Å². The van der Waals surface area contributed by atoms with Crippen LogP contribution in [0.15, 0.2) is 74.2 Å². The molecule has 0 bridgehead atoms. The molecule has 0 saturated carbocycles. The third-order valence-electron chi connectivity index (χ3n) is 5.13. The minimum atomic E-state index is 0.199. The molecule has 0 aliphatic rings. The van der Waals surface area contributed by atoms with E-state index in [-0.39, 0.29) is 11.1 Å². The predicted molar refractivity (Wildman–Crippen MR) is 142 cm³/mol. The standard InChI is InChI=1S/C28H29N3O2S2/c1-3-5-16-32-25-21(18-29)22(19-30)26(33-17-6-4-2)28(35-24-15-11-10-14-23(24)31)27(25)34-20-12-8-7-9-13-20/h7-15H,3-6,16-17,31H2,1-2H3. The molecule has 35 heavy (non-hydrogen) atoms. The summed E-state index contributed by atoms with van der Waals surface area (Å²) in [5, 5.41) is 20.3. The second kappa shape index (κ2) is 13.6. The van der Waals surface area contributed by atoms with Gasteiger partial charge in [0.2, 0.25) is 0 Å². The molecule has 0 heterocycles. The van der Waals surface area contributed by atoms with E-state index < -0.39 is 0 Å². The Labute approximate surface area is 216 Å². The number of rotatable bonds is 12. The number of nitrogens with zero attached hydrogens (tertiary/aromatic N) is 2. The van der Waals surface area contributed by atoms with Crippen LogP contribution in [-0.4, -0.2) is 13.2 Å². The number of anilines is 1. The maximum Gasteiger partial charge on any atom is 0.153 e. The zero-order valence-corrected chi connectivity index (χ0v) is 21.7. The van der Waals surface area contributed by atoms with Gasteiger partial charge in [-0.05, 0) is 37.1 Å². The van der Waals surface area contributed by atoms with Gasteiger partial charge in [-0.15, -0.1) is 0 Å². The average Bonchev–Trinajstić information content (AvgIpc) is 2.88. The minimum Gasteiger partial charge on any atom is -0.491 e. The molecule has 0 aromatic heterocycles. The van der Waals surface area contributed by atoms with Crippen LogP contribution in [0.2, 0.25) is 0 Å². The highest BCUT2D eigenvalue weighted by atomic mass is 32.2. The van der Waals surface area contributed by atoms with Gasteiger partial charge < -0.3 is 15.2 Å². The van der Waals surface area contributed by atoms with Crippen molar-refractivity contribution in [1.29, 1.82) is 10.5 Å². The Bertz CT molecular complexity index is 1220. The molecule has 2 N–H and O–H groups in total. The van der Waals surface area contributed by atoms with Crippen molar-refractivity contribution >= 4 is 29.2 Å². The molecule has 180 valence electrons. The van der Waals surface area contributed by atoms with Crippen LogP contribution in [0.3, 0.4) is 0 Å². The first-order valence-corrected chi connectivity index (χ1v) is 13.3. The molecule has 0 fully saturated rings. The monoisotopic (exact) mass is 503 g/mol. The van der Waals surface area contributed by atoms with E-state index in [4.69, 9.17) is 15.2 Å². The fourth-order valence-corrected chi connectivity index (χ4v) is 5.47. The number of nitrogens with two attached hydrogens (primary N) is 1. The van der Waals surface area contributed by atoms with Crippen molar-refractivity contribution in [2.75, 3.05) is 18.9 Å². The van der Waals surface area contributed by atoms with Gasteiger partial charge in [-0.25, -0.2) is 0 Å². The van der Waals surface area contributed by atoms with Crippen LogP contribution in [0, 0.1) is 22.7 Å². The summed E-state index contributed by atoms with van der Waals surface area (Å²) in [6.07, 6.45) is 3.57. The number of nitrogen functional groups attached to an aromatic ring is 1. The van der Waals surface area contributed by atoms with Crippen LogP contribution in [0.4, 0.5) is 5.69 Å². The number of benzene rings is 3. The Balaban J connectivity index is 2.30. The molecule has 5 nitrogen and oxygen atoms in total. The topological polar surface area (TPSA) is 92.1 Å². The summed E-state index contributed by atoms with van der Waals surface area (Å²) < 4.78 is 12.4. The van der Waals surface area contributed by atoms with Gasteiger partial charge in [-0.3, -0.25) is 0 Å². The number of hydrogen-bond donors (Lipinski definition) is 1. The first-order valence-electron chi connectivity index (χ1n) is 11.7. The van der Waals surface area contributed by atoms with Crippen molar-refractivity contribution in [2.24, 2.45) is 0 Å². The molecule has 0 radical (unpaired) electrons. The van der Waals surface area contributed by atoms with Crippen molar-refractivity contribution in [3.05, 3.63) is 65.7 Å². The molecule has 3 aromatic rings. The Kier molecular flexibility index (Phi) is 10.2. The maximum atomic E-state index is 10.1. The second-order valence-electron chi connectivity index (χ2n) is 7.75. The van der Waals surface area contributed by atoms with Gasteiger partial charge in [0.1, 0.15) is 23.3 Å². The normalized spacial score (nSPS) is 10.4. The van der Waals surface area contributed by atoms with Crippen LogP contribution in [-0.2, 0) is 0 Å². The fourth-order valence-electron chi connectivity index (χ4n) is 3.26. The van der Waals surface area contributed by atoms with Crippen LogP contribution in [0.1, 0.15) is 50.7 Å². The molecule has 0 atom stereocenters. The lowest BCUT2D eigenvalue weighted by Crippen LogP contribution is -2.07. The summed E-state index contributed by atoms with van der Waals surface area (Å²) in [5.74, 6) is 0.832. The highest BCUT2D eigenvalue weighted by Crippen LogP contribution is 2.52. The van der Waals surface area contributed by atoms with Crippen molar-refractivity contribution in [3.63, 3.8) is 0 Å². The number of ether oxygens (including phenoxy) is 2. The molecule has 0 amide bonds. The third kappa shape index (κ3) is 6.66. The molecule has 0 unspecified atom stereocenters. The first-order chi connectivity index (χ1) is 17.1. The van der Waals surface area contributed by atoms with Gasteiger partial charge >= 0.3 is 0 Å². The molecule has 0 saturated heterocycles. The second-order valence-corrected chi connectivity index (χ2v) is 9.89. The lowest BCUT2D eigenvalue weighted by Gasteiger charge is -2.22. The molecule has 3 rings (SSSR count). The average molecular weight is 504 g/mol. The SMILES string of the molecule is CCCCOc1c(C#N)c(C#N)c(OCCCC)c(Sc2ccccc2N)c1Sc1ccccc1. The zero-order valence-electron chi connectivity index (χ0n) is 20.0. The van der Waals surface area contributed by atoms with Gasteiger partial charge in [0.05, 0.1) is 23.0 Å². The van der Waals surface area contributed by atoms with Gasteiger partial charge in [-0.1, -0.05) is 80.5 Å². The molecule has 0 aliphatic carbocycles. The van der Waals surface area contributed by atoms with Gasteiger partial charge in [0, 0.05) is 15.5 Å². The van der Waals surface area contributed by atoms with E-state index in [1.807, 2.05) is 54.6 Å². The Morgan fingerprint density at radius 3 is 1.77 bits per heavy atom. The van der Waals surface area contributed by atoms with Crippen molar-refractivity contribution < 1.29 is 9.47 Å². The first kappa shape index (κ1) is 26.3. The molecule has 0 aliphatic heterocycles. The molecule has 7 heteroatoms. The van der Waals surface area contributed by atoms with E-state index >= 15 is 0 Å². The number of unbranched alkanes of at least 4 members (excludes halogenated alkanes) is 2. The number of nitriles is 2.